The van der Waals surface area contributed by atoms with Crippen LogP contribution in [0.2, 0.25) is 0 Å². The summed E-state index contributed by atoms with van der Waals surface area (Å²) in [6.07, 6.45) is -2.64. The standard InChI is InChI=1S/C21H20F5N3O/c1-3-30-12-7-16(22)19(17(23)8-12)20-13-4-5-18-15(9-27-28-18)14(13)6-11(2)29(20)10-21(24,25)26/h4-5,7-9,11,20H,3,6,10H2,1-2H3,(H,27,28)/t11-,20+/m1/s1. The lowest BCUT2D eigenvalue weighted by Gasteiger charge is -2.42. The van der Waals surface area contributed by atoms with E-state index >= 15 is 8.78 Å². The number of H-pyrrole nitrogens is 1. The van der Waals surface area contributed by atoms with Crippen LogP contribution in [0.1, 0.15) is 36.6 Å². The van der Waals surface area contributed by atoms with Gasteiger partial charge in [-0.15, -0.1) is 0 Å². The third-order valence-corrected chi connectivity index (χ3v) is 5.46. The highest BCUT2D eigenvalue weighted by Crippen LogP contribution is 2.43. The summed E-state index contributed by atoms with van der Waals surface area (Å²) in [5.74, 6) is -1.89. The molecule has 0 aliphatic carbocycles. The first-order valence-corrected chi connectivity index (χ1v) is 9.58. The number of alkyl halides is 3. The lowest BCUT2D eigenvalue weighted by molar-refractivity contribution is -0.155. The Morgan fingerprint density at radius 1 is 1.20 bits per heavy atom. The molecule has 4 nitrogen and oxygen atoms in total. The molecule has 1 aliphatic heterocycles. The summed E-state index contributed by atoms with van der Waals surface area (Å²) in [6.45, 7) is 2.23. The number of nitrogens with one attached hydrogen (secondary N) is 1. The van der Waals surface area contributed by atoms with E-state index in [9.17, 15) is 13.2 Å². The molecule has 2 heterocycles. The molecule has 30 heavy (non-hydrogen) atoms. The maximum absolute atomic E-state index is 15.1. The van der Waals surface area contributed by atoms with Gasteiger partial charge in [0, 0.05) is 29.1 Å². The van der Waals surface area contributed by atoms with E-state index in [4.69, 9.17) is 4.74 Å². The number of rotatable bonds is 4. The molecule has 1 N–H and O–H groups in total. The van der Waals surface area contributed by atoms with Crippen molar-refractivity contribution in [2.75, 3.05) is 13.2 Å². The first-order chi connectivity index (χ1) is 14.2. The molecule has 2 aromatic carbocycles. The Kier molecular flexibility index (Phi) is 5.17. The van der Waals surface area contributed by atoms with E-state index in [0.717, 1.165) is 33.5 Å². The van der Waals surface area contributed by atoms with Gasteiger partial charge in [0.2, 0.25) is 0 Å². The lowest BCUT2D eigenvalue weighted by atomic mass is 9.83. The van der Waals surface area contributed by atoms with E-state index in [0.29, 0.717) is 12.0 Å². The van der Waals surface area contributed by atoms with Crippen molar-refractivity contribution in [3.05, 3.63) is 58.8 Å². The fraction of sp³-hybridized carbons (Fsp3) is 0.381. The molecule has 1 aromatic heterocycles. The highest BCUT2D eigenvalue weighted by molar-refractivity contribution is 5.83. The van der Waals surface area contributed by atoms with E-state index in [1.54, 1.807) is 32.2 Å². The molecule has 1 aliphatic rings. The highest BCUT2D eigenvalue weighted by Gasteiger charge is 2.43. The molecule has 0 spiro atoms. The fourth-order valence-corrected chi connectivity index (χ4v) is 4.27. The summed E-state index contributed by atoms with van der Waals surface area (Å²) in [4.78, 5) is 1.11. The van der Waals surface area contributed by atoms with E-state index in [-0.39, 0.29) is 12.4 Å². The van der Waals surface area contributed by atoms with Crippen LogP contribution in [0.25, 0.3) is 10.9 Å². The van der Waals surface area contributed by atoms with E-state index in [1.807, 2.05) is 0 Å². The summed E-state index contributed by atoms with van der Waals surface area (Å²) in [5, 5.41) is 7.56. The molecule has 0 unspecified atom stereocenters. The number of benzene rings is 2. The van der Waals surface area contributed by atoms with Gasteiger partial charge in [-0.2, -0.15) is 18.3 Å². The minimum Gasteiger partial charge on any atom is -0.494 e. The van der Waals surface area contributed by atoms with Crippen molar-refractivity contribution < 1.29 is 26.7 Å². The Morgan fingerprint density at radius 2 is 1.90 bits per heavy atom. The molecule has 0 radical (unpaired) electrons. The monoisotopic (exact) mass is 425 g/mol. The van der Waals surface area contributed by atoms with Crippen LogP contribution in [0.3, 0.4) is 0 Å². The zero-order chi connectivity index (χ0) is 21.6. The van der Waals surface area contributed by atoms with Crippen LogP contribution in [0.15, 0.2) is 30.5 Å². The van der Waals surface area contributed by atoms with Crippen molar-refractivity contribution in [2.24, 2.45) is 0 Å². The smallest absolute Gasteiger partial charge is 0.401 e. The van der Waals surface area contributed by atoms with Crippen LogP contribution in [-0.2, 0) is 6.42 Å². The molecule has 160 valence electrons. The fourth-order valence-electron chi connectivity index (χ4n) is 4.27. The van der Waals surface area contributed by atoms with Crippen LogP contribution in [0.5, 0.6) is 5.75 Å². The van der Waals surface area contributed by atoms with Crippen LogP contribution in [0, 0.1) is 11.6 Å². The third-order valence-electron chi connectivity index (χ3n) is 5.46. The molecule has 0 amide bonds. The number of aromatic nitrogens is 2. The van der Waals surface area contributed by atoms with Crippen LogP contribution < -0.4 is 4.74 Å². The zero-order valence-corrected chi connectivity index (χ0v) is 16.4. The van der Waals surface area contributed by atoms with Crippen molar-refractivity contribution >= 4 is 10.9 Å². The second kappa shape index (κ2) is 7.54. The predicted octanol–water partition coefficient (Wildman–Crippen LogP) is 5.14. The first-order valence-electron chi connectivity index (χ1n) is 9.58. The molecule has 0 bridgehead atoms. The van der Waals surface area contributed by atoms with Gasteiger partial charge in [-0.25, -0.2) is 8.78 Å². The molecular formula is C21H20F5N3O. The number of aromatic amines is 1. The Labute approximate surface area is 169 Å². The van der Waals surface area contributed by atoms with Gasteiger partial charge in [-0.1, -0.05) is 6.07 Å². The molecule has 3 aromatic rings. The molecule has 4 rings (SSSR count). The van der Waals surface area contributed by atoms with Crippen molar-refractivity contribution in [2.45, 2.75) is 38.5 Å². The molecular weight excluding hydrogens is 405 g/mol. The Morgan fingerprint density at radius 3 is 2.53 bits per heavy atom. The Bertz CT molecular complexity index is 1060. The van der Waals surface area contributed by atoms with Crippen LogP contribution in [-0.4, -0.2) is 40.5 Å². The normalized spacial score (nSPS) is 19.8. The summed E-state index contributed by atoms with van der Waals surface area (Å²) >= 11 is 0. The average molecular weight is 425 g/mol. The van der Waals surface area contributed by atoms with Gasteiger partial charge in [0.15, 0.2) is 0 Å². The number of fused-ring (bicyclic) bond motifs is 3. The van der Waals surface area contributed by atoms with Crippen molar-refractivity contribution in [1.29, 1.82) is 0 Å². The maximum Gasteiger partial charge on any atom is 0.401 e. The molecule has 2 atom stereocenters. The van der Waals surface area contributed by atoms with Gasteiger partial charge < -0.3 is 4.74 Å². The molecule has 0 fully saturated rings. The van der Waals surface area contributed by atoms with Crippen molar-refractivity contribution in [3.63, 3.8) is 0 Å². The van der Waals surface area contributed by atoms with Crippen molar-refractivity contribution in [1.82, 2.24) is 15.1 Å². The first kappa shape index (κ1) is 20.6. The lowest BCUT2D eigenvalue weighted by Crippen LogP contribution is -2.47. The average Bonchev–Trinajstić information content (AvgIpc) is 3.12. The highest BCUT2D eigenvalue weighted by atomic mass is 19.4. The molecule has 9 heteroatoms. The maximum atomic E-state index is 15.1. The number of hydrogen-bond acceptors (Lipinski definition) is 3. The van der Waals surface area contributed by atoms with Crippen LogP contribution in [0.4, 0.5) is 22.0 Å². The summed E-state index contributed by atoms with van der Waals surface area (Å²) in [6, 6.07) is 3.48. The Balaban J connectivity index is 1.93. The third kappa shape index (κ3) is 3.62. The van der Waals surface area contributed by atoms with Gasteiger partial charge in [-0.3, -0.25) is 10.00 Å². The number of halogens is 5. The number of hydrogen-bond donors (Lipinski definition) is 1. The van der Waals surface area contributed by atoms with E-state index in [1.165, 1.54) is 0 Å². The van der Waals surface area contributed by atoms with Gasteiger partial charge in [0.25, 0.3) is 0 Å². The second-order valence-corrected chi connectivity index (χ2v) is 7.44. The van der Waals surface area contributed by atoms with E-state index < -0.39 is 42.0 Å². The minimum atomic E-state index is -4.53. The van der Waals surface area contributed by atoms with Crippen molar-refractivity contribution in [3.8, 4) is 5.75 Å². The Hall–Kier alpha value is -2.68. The zero-order valence-electron chi connectivity index (χ0n) is 16.4. The van der Waals surface area contributed by atoms with E-state index in [2.05, 4.69) is 10.2 Å². The summed E-state index contributed by atoms with van der Waals surface area (Å²) < 4.78 is 75.4. The van der Waals surface area contributed by atoms with Gasteiger partial charge in [0.1, 0.15) is 17.4 Å². The van der Waals surface area contributed by atoms with Crippen LogP contribution >= 0.6 is 0 Å². The van der Waals surface area contributed by atoms with Gasteiger partial charge in [0.05, 0.1) is 30.9 Å². The summed E-state index contributed by atoms with van der Waals surface area (Å²) in [5.41, 5.74) is 1.48. The topological polar surface area (TPSA) is 41.1 Å². The minimum absolute atomic E-state index is 0.00649. The van der Waals surface area contributed by atoms with Gasteiger partial charge in [-0.05, 0) is 37.5 Å². The van der Waals surface area contributed by atoms with Gasteiger partial charge >= 0.3 is 6.18 Å². The predicted molar refractivity (Wildman–Crippen MR) is 101 cm³/mol. The number of ether oxygens (including phenoxy) is 1. The summed E-state index contributed by atoms with van der Waals surface area (Å²) in [7, 11) is 0. The largest absolute Gasteiger partial charge is 0.494 e. The SMILES string of the molecule is CCOc1cc(F)c([C@@H]2c3ccc4[nH]ncc4c3C[C@@H](C)N2CC(F)(F)F)c(F)c1. The second-order valence-electron chi connectivity index (χ2n) is 7.44. The quantitative estimate of drug-likeness (QED) is 0.589. The number of nitrogens with zero attached hydrogens (tertiary/aromatic N) is 2. The molecule has 0 saturated carbocycles. The molecule has 0 saturated heterocycles.